The van der Waals surface area contributed by atoms with Gasteiger partial charge in [-0.2, -0.15) is 0 Å². The second kappa shape index (κ2) is 5.69. The number of hydrogen-bond acceptors (Lipinski definition) is 2. The lowest BCUT2D eigenvalue weighted by Gasteiger charge is -2.03. The van der Waals surface area contributed by atoms with Crippen molar-refractivity contribution in [3.05, 3.63) is 53.8 Å². The molecule has 1 aromatic carbocycles. The number of rotatable bonds is 2. The molecule has 0 saturated carbocycles. The fourth-order valence-electron chi connectivity index (χ4n) is 2.33. The maximum Gasteiger partial charge on any atom is 0.412 e. The summed E-state index contributed by atoms with van der Waals surface area (Å²) in [5, 5.41) is 3.10. The summed E-state index contributed by atoms with van der Waals surface area (Å²) >= 11 is 6.02. The lowest BCUT2D eigenvalue weighted by molar-refractivity contribution is -0.510. The SMILES string of the molecule is CNC(=O)Oc1ccc(-c2c[n+]3cc(Cl)ccc3n2C)cc1. The van der Waals surface area contributed by atoms with Crippen LogP contribution in [-0.2, 0) is 7.05 Å². The molecule has 5 nitrogen and oxygen atoms in total. The normalized spacial score (nSPS) is 10.7. The minimum absolute atomic E-state index is 0.484. The van der Waals surface area contributed by atoms with Gasteiger partial charge in [-0.3, -0.25) is 0 Å². The highest BCUT2D eigenvalue weighted by atomic mass is 35.5. The van der Waals surface area contributed by atoms with Gasteiger partial charge in [0.1, 0.15) is 18.1 Å². The number of nitrogens with one attached hydrogen (secondary N) is 1. The van der Waals surface area contributed by atoms with Crippen molar-refractivity contribution in [1.82, 2.24) is 9.88 Å². The number of imidazole rings is 1. The maximum absolute atomic E-state index is 11.2. The Balaban J connectivity index is 1.97. The molecule has 0 aliphatic heterocycles. The van der Waals surface area contributed by atoms with Crippen molar-refractivity contribution in [2.24, 2.45) is 7.05 Å². The lowest BCUT2D eigenvalue weighted by atomic mass is 10.1. The fourth-order valence-corrected chi connectivity index (χ4v) is 2.50. The van der Waals surface area contributed by atoms with Gasteiger partial charge >= 0.3 is 6.09 Å². The molecule has 3 rings (SSSR count). The topological polar surface area (TPSA) is 47.4 Å². The van der Waals surface area contributed by atoms with Gasteiger partial charge in [0.25, 0.3) is 5.65 Å². The Morgan fingerprint density at radius 1 is 1.18 bits per heavy atom. The van der Waals surface area contributed by atoms with E-state index >= 15 is 0 Å². The summed E-state index contributed by atoms with van der Waals surface area (Å²) in [6.07, 6.45) is 3.39. The number of ether oxygens (including phenoxy) is 1. The standard InChI is InChI=1S/C16H14ClN3O2/c1-18-16(21)22-13-6-3-11(4-7-13)14-10-20-9-12(17)5-8-15(20)19(14)2/h3-10H,1-2H3/p+1. The number of fused-ring (bicyclic) bond motifs is 1. The molecule has 2 heterocycles. The van der Waals surface area contributed by atoms with E-state index in [9.17, 15) is 4.79 Å². The van der Waals surface area contributed by atoms with Gasteiger partial charge in [0.15, 0.2) is 5.69 Å². The molecule has 0 bridgehead atoms. The predicted molar refractivity (Wildman–Crippen MR) is 84.1 cm³/mol. The monoisotopic (exact) mass is 316 g/mol. The highest BCUT2D eigenvalue weighted by Crippen LogP contribution is 2.23. The largest absolute Gasteiger partial charge is 0.412 e. The number of amides is 1. The average Bonchev–Trinajstić information content (AvgIpc) is 2.84. The molecule has 0 aliphatic rings. The maximum atomic E-state index is 11.2. The minimum Gasteiger partial charge on any atom is -0.410 e. The molecular weight excluding hydrogens is 302 g/mol. The summed E-state index contributed by atoms with van der Waals surface area (Å²) < 4.78 is 9.13. The highest BCUT2D eigenvalue weighted by Gasteiger charge is 2.16. The van der Waals surface area contributed by atoms with Gasteiger partial charge in [-0.15, -0.1) is 0 Å². The quantitative estimate of drug-likeness (QED) is 0.739. The lowest BCUT2D eigenvalue weighted by Crippen LogP contribution is -2.21. The van der Waals surface area contributed by atoms with E-state index in [0.29, 0.717) is 10.8 Å². The van der Waals surface area contributed by atoms with Crippen LogP contribution in [-0.4, -0.2) is 17.7 Å². The van der Waals surface area contributed by atoms with E-state index in [1.807, 2.05) is 48.1 Å². The second-order valence-electron chi connectivity index (χ2n) is 4.85. The third-order valence-electron chi connectivity index (χ3n) is 3.45. The van der Waals surface area contributed by atoms with Crippen LogP contribution in [0, 0.1) is 0 Å². The van der Waals surface area contributed by atoms with E-state index in [2.05, 4.69) is 9.88 Å². The van der Waals surface area contributed by atoms with Crippen LogP contribution in [0.3, 0.4) is 0 Å². The van der Waals surface area contributed by atoms with Crippen LogP contribution >= 0.6 is 11.6 Å². The molecule has 0 unspecified atom stereocenters. The summed E-state index contributed by atoms with van der Waals surface area (Å²) in [7, 11) is 3.52. The van der Waals surface area contributed by atoms with Gasteiger partial charge in [0.05, 0.1) is 12.1 Å². The zero-order chi connectivity index (χ0) is 15.7. The Hall–Kier alpha value is -2.53. The zero-order valence-electron chi connectivity index (χ0n) is 12.2. The Bertz CT molecular complexity index is 840. The number of hydrogen-bond donors (Lipinski definition) is 1. The van der Waals surface area contributed by atoms with Crippen molar-refractivity contribution in [2.45, 2.75) is 0 Å². The van der Waals surface area contributed by atoms with E-state index in [0.717, 1.165) is 16.9 Å². The Labute approximate surface area is 132 Å². The van der Waals surface area contributed by atoms with E-state index in [-0.39, 0.29) is 0 Å². The molecule has 0 spiro atoms. The first kappa shape index (κ1) is 14.4. The Morgan fingerprint density at radius 3 is 2.59 bits per heavy atom. The molecule has 1 amide bonds. The van der Waals surface area contributed by atoms with Crippen molar-refractivity contribution in [2.75, 3.05) is 7.05 Å². The molecule has 0 radical (unpaired) electrons. The molecule has 6 heteroatoms. The van der Waals surface area contributed by atoms with Crippen LogP contribution in [0.5, 0.6) is 5.75 Å². The number of benzene rings is 1. The molecule has 112 valence electrons. The third-order valence-corrected chi connectivity index (χ3v) is 3.67. The van der Waals surface area contributed by atoms with Gasteiger partial charge in [-0.05, 0) is 30.3 Å². The summed E-state index contributed by atoms with van der Waals surface area (Å²) in [5.74, 6) is 0.498. The molecule has 0 atom stereocenters. The zero-order valence-corrected chi connectivity index (χ0v) is 13.0. The summed E-state index contributed by atoms with van der Waals surface area (Å²) in [6, 6.07) is 11.2. The van der Waals surface area contributed by atoms with Crippen molar-refractivity contribution in [1.29, 1.82) is 0 Å². The van der Waals surface area contributed by atoms with Crippen LogP contribution in [0.1, 0.15) is 0 Å². The van der Waals surface area contributed by atoms with E-state index < -0.39 is 6.09 Å². The average molecular weight is 317 g/mol. The first-order valence-electron chi connectivity index (χ1n) is 6.75. The number of carbonyl (C=O) groups excluding carboxylic acids is 1. The number of carbonyl (C=O) groups is 1. The first-order valence-corrected chi connectivity index (χ1v) is 7.12. The molecule has 0 fully saturated rings. The smallest absolute Gasteiger partial charge is 0.410 e. The van der Waals surface area contributed by atoms with Crippen molar-refractivity contribution < 1.29 is 13.9 Å². The van der Waals surface area contributed by atoms with Crippen molar-refractivity contribution in [3.63, 3.8) is 0 Å². The molecule has 3 aromatic rings. The summed E-state index contributed by atoms with van der Waals surface area (Å²) in [5.41, 5.74) is 3.09. The number of halogens is 1. The molecule has 22 heavy (non-hydrogen) atoms. The van der Waals surface area contributed by atoms with Crippen LogP contribution in [0.25, 0.3) is 16.9 Å². The van der Waals surface area contributed by atoms with E-state index in [4.69, 9.17) is 16.3 Å². The molecule has 2 aromatic heterocycles. The molecule has 0 aliphatic carbocycles. The molecule has 0 saturated heterocycles. The predicted octanol–water partition coefficient (Wildman–Crippen LogP) is 2.80. The molecular formula is C16H15ClN3O2+. The van der Waals surface area contributed by atoms with Crippen LogP contribution in [0.15, 0.2) is 48.8 Å². The summed E-state index contributed by atoms with van der Waals surface area (Å²) in [6.45, 7) is 0. The van der Waals surface area contributed by atoms with Gasteiger partial charge in [0.2, 0.25) is 0 Å². The van der Waals surface area contributed by atoms with Gasteiger partial charge in [0, 0.05) is 18.7 Å². The van der Waals surface area contributed by atoms with E-state index in [1.165, 1.54) is 7.05 Å². The summed E-state index contributed by atoms with van der Waals surface area (Å²) in [4.78, 5) is 11.2. The number of nitrogens with zero attached hydrogens (tertiary/aromatic N) is 2. The van der Waals surface area contributed by atoms with Gasteiger partial charge in [-0.25, -0.2) is 13.8 Å². The van der Waals surface area contributed by atoms with Gasteiger partial charge < -0.3 is 10.1 Å². The third kappa shape index (κ3) is 2.63. The number of aryl methyl sites for hydroxylation is 1. The minimum atomic E-state index is -0.484. The Kier molecular flexibility index (Phi) is 3.73. The highest BCUT2D eigenvalue weighted by molar-refractivity contribution is 6.30. The number of pyridine rings is 1. The molecule has 1 N–H and O–H groups in total. The number of aromatic nitrogens is 2. The van der Waals surface area contributed by atoms with Crippen LogP contribution < -0.4 is 14.5 Å². The van der Waals surface area contributed by atoms with Gasteiger partial charge in [-0.1, -0.05) is 11.6 Å². The van der Waals surface area contributed by atoms with Crippen LogP contribution in [0.4, 0.5) is 4.79 Å². The first-order chi connectivity index (χ1) is 10.6. The van der Waals surface area contributed by atoms with Crippen LogP contribution in [0.2, 0.25) is 5.02 Å². The van der Waals surface area contributed by atoms with E-state index in [1.54, 1.807) is 12.1 Å². The van der Waals surface area contributed by atoms with Crippen molar-refractivity contribution >= 4 is 23.3 Å². The van der Waals surface area contributed by atoms with Crippen molar-refractivity contribution in [3.8, 4) is 17.0 Å². The second-order valence-corrected chi connectivity index (χ2v) is 5.29. The Morgan fingerprint density at radius 2 is 1.91 bits per heavy atom. The fraction of sp³-hybridized carbons (Fsp3) is 0.125.